The van der Waals surface area contributed by atoms with Crippen molar-refractivity contribution in [2.24, 2.45) is 5.73 Å². The van der Waals surface area contributed by atoms with Crippen molar-refractivity contribution in [3.8, 4) is 0 Å². The third-order valence-electron chi connectivity index (χ3n) is 3.80. The van der Waals surface area contributed by atoms with Gasteiger partial charge in [-0.15, -0.1) is 0 Å². The van der Waals surface area contributed by atoms with Gasteiger partial charge in [0, 0.05) is 38.6 Å². The number of nitrogens with two attached hydrogens (primary N) is 1. The average Bonchev–Trinajstić information content (AvgIpc) is 2.51. The van der Waals surface area contributed by atoms with E-state index in [4.69, 9.17) is 10.5 Å². The van der Waals surface area contributed by atoms with E-state index >= 15 is 0 Å². The third kappa shape index (κ3) is 4.28. The second-order valence-corrected chi connectivity index (χ2v) is 5.45. The fourth-order valence-corrected chi connectivity index (χ4v) is 2.64. The van der Waals surface area contributed by atoms with Gasteiger partial charge in [0.15, 0.2) is 5.82 Å². The highest BCUT2D eigenvalue weighted by Gasteiger charge is 2.22. The summed E-state index contributed by atoms with van der Waals surface area (Å²) in [5.41, 5.74) is 5.48. The van der Waals surface area contributed by atoms with Gasteiger partial charge in [0.05, 0.1) is 6.10 Å². The van der Waals surface area contributed by atoms with E-state index in [9.17, 15) is 4.79 Å². The molecule has 6 heteroatoms. The minimum atomic E-state index is 0.0156. The molecule has 21 heavy (non-hydrogen) atoms. The molecule has 2 N–H and O–H groups in total. The molecule has 0 atom stereocenters. The topological polar surface area (TPSA) is 73.4 Å². The van der Waals surface area contributed by atoms with Gasteiger partial charge >= 0.3 is 0 Å². The van der Waals surface area contributed by atoms with Gasteiger partial charge in [0.1, 0.15) is 0 Å². The van der Waals surface area contributed by atoms with Crippen LogP contribution >= 0.6 is 0 Å². The van der Waals surface area contributed by atoms with Gasteiger partial charge in [0.2, 0.25) is 0 Å². The molecule has 1 aromatic rings. The first-order valence-electron chi connectivity index (χ1n) is 7.88. The summed E-state index contributed by atoms with van der Waals surface area (Å²) in [4.78, 5) is 18.7. The van der Waals surface area contributed by atoms with E-state index in [-0.39, 0.29) is 11.7 Å². The Morgan fingerprint density at radius 3 is 2.86 bits per heavy atom. The molecule has 0 spiro atoms. The Hall–Kier alpha value is -1.40. The van der Waals surface area contributed by atoms with Crippen LogP contribution in [-0.4, -0.2) is 41.9 Å². The van der Waals surface area contributed by atoms with E-state index in [0.717, 1.165) is 51.9 Å². The van der Waals surface area contributed by atoms with Crippen LogP contribution in [0.25, 0.3) is 0 Å². The van der Waals surface area contributed by atoms with Crippen molar-refractivity contribution in [3.05, 3.63) is 22.7 Å². The summed E-state index contributed by atoms with van der Waals surface area (Å²) < 4.78 is 7.53. The highest BCUT2D eigenvalue weighted by molar-refractivity contribution is 5.36. The SMILES string of the molecule is CCCn1ccnc(N2CCC(OCCCN)CC2)c1=O. The van der Waals surface area contributed by atoms with Crippen LogP contribution in [0.3, 0.4) is 0 Å². The molecule has 1 aliphatic heterocycles. The summed E-state index contributed by atoms with van der Waals surface area (Å²) in [6.45, 7) is 5.86. The standard InChI is InChI=1S/C15H26N4O2/c1-2-8-19-11-7-17-14(15(19)20)18-9-4-13(5-10-18)21-12-3-6-16/h7,11,13H,2-6,8-10,12,16H2,1H3. The largest absolute Gasteiger partial charge is 0.378 e. The Labute approximate surface area is 125 Å². The molecule has 0 aliphatic carbocycles. The zero-order valence-electron chi connectivity index (χ0n) is 12.8. The predicted molar refractivity (Wildman–Crippen MR) is 83.6 cm³/mol. The molecule has 2 rings (SSSR count). The Bertz CT molecular complexity index is 481. The molecule has 118 valence electrons. The van der Waals surface area contributed by atoms with Crippen LogP contribution in [0.5, 0.6) is 0 Å². The normalized spacial score (nSPS) is 16.4. The van der Waals surface area contributed by atoms with Crippen LogP contribution in [-0.2, 0) is 11.3 Å². The zero-order valence-corrected chi connectivity index (χ0v) is 12.8. The number of aromatic nitrogens is 2. The molecular weight excluding hydrogens is 268 g/mol. The monoisotopic (exact) mass is 294 g/mol. The zero-order chi connectivity index (χ0) is 15.1. The predicted octanol–water partition coefficient (Wildman–Crippen LogP) is 0.988. The number of piperidine rings is 1. The van der Waals surface area contributed by atoms with Crippen LogP contribution < -0.4 is 16.2 Å². The molecule has 6 nitrogen and oxygen atoms in total. The van der Waals surface area contributed by atoms with Crippen LogP contribution in [0.1, 0.15) is 32.6 Å². The second kappa shape index (κ2) is 8.14. The van der Waals surface area contributed by atoms with Crippen molar-refractivity contribution in [2.45, 2.75) is 45.3 Å². The van der Waals surface area contributed by atoms with Crippen molar-refractivity contribution in [1.29, 1.82) is 0 Å². The molecule has 0 amide bonds. The fourth-order valence-electron chi connectivity index (χ4n) is 2.64. The van der Waals surface area contributed by atoms with Gasteiger partial charge in [-0.3, -0.25) is 4.79 Å². The van der Waals surface area contributed by atoms with Crippen molar-refractivity contribution in [3.63, 3.8) is 0 Å². The Morgan fingerprint density at radius 2 is 2.19 bits per heavy atom. The number of anilines is 1. The summed E-state index contributed by atoms with van der Waals surface area (Å²) >= 11 is 0. The van der Waals surface area contributed by atoms with Gasteiger partial charge in [-0.2, -0.15) is 0 Å². The third-order valence-corrected chi connectivity index (χ3v) is 3.80. The fraction of sp³-hybridized carbons (Fsp3) is 0.733. The van der Waals surface area contributed by atoms with E-state index in [1.165, 1.54) is 0 Å². The summed E-state index contributed by atoms with van der Waals surface area (Å²) in [7, 11) is 0. The number of nitrogens with zero attached hydrogens (tertiary/aromatic N) is 3. The average molecular weight is 294 g/mol. The molecule has 0 aromatic carbocycles. The Morgan fingerprint density at radius 1 is 1.43 bits per heavy atom. The van der Waals surface area contributed by atoms with E-state index in [2.05, 4.69) is 16.8 Å². The quantitative estimate of drug-likeness (QED) is 0.759. The first-order valence-corrected chi connectivity index (χ1v) is 7.88. The van der Waals surface area contributed by atoms with Crippen LogP contribution in [0.4, 0.5) is 5.82 Å². The Balaban J connectivity index is 1.93. The van der Waals surface area contributed by atoms with E-state index in [0.29, 0.717) is 12.4 Å². The van der Waals surface area contributed by atoms with E-state index in [1.54, 1.807) is 17.0 Å². The van der Waals surface area contributed by atoms with E-state index in [1.807, 2.05) is 0 Å². The molecule has 1 fully saturated rings. The van der Waals surface area contributed by atoms with Crippen molar-refractivity contribution < 1.29 is 4.74 Å². The summed E-state index contributed by atoms with van der Waals surface area (Å²) in [6.07, 6.45) is 7.49. The van der Waals surface area contributed by atoms with Crippen LogP contribution in [0.2, 0.25) is 0 Å². The molecule has 0 saturated carbocycles. The van der Waals surface area contributed by atoms with Gasteiger partial charge in [-0.05, 0) is 32.2 Å². The molecule has 0 bridgehead atoms. The van der Waals surface area contributed by atoms with Gasteiger partial charge in [-0.25, -0.2) is 4.98 Å². The molecule has 1 aromatic heterocycles. The lowest BCUT2D eigenvalue weighted by Crippen LogP contribution is -2.41. The number of hydrogen-bond acceptors (Lipinski definition) is 5. The highest BCUT2D eigenvalue weighted by Crippen LogP contribution is 2.17. The molecular formula is C15H26N4O2. The smallest absolute Gasteiger partial charge is 0.293 e. The maximum Gasteiger partial charge on any atom is 0.293 e. The van der Waals surface area contributed by atoms with Crippen LogP contribution in [0, 0.1) is 0 Å². The van der Waals surface area contributed by atoms with Crippen molar-refractivity contribution in [1.82, 2.24) is 9.55 Å². The number of ether oxygens (including phenoxy) is 1. The highest BCUT2D eigenvalue weighted by atomic mass is 16.5. The number of rotatable bonds is 7. The molecule has 2 heterocycles. The van der Waals surface area contributed by atoms with Crippen molar-refractivity contribution in [2.75, 3.05) is 31.1 Å². The molecule has 0 unspecified atom stereocenters. The van der Waals surface area contributed by atoms with Gasteiger partial charge in [0.25, 0.3) is 5.56 Å². The molecule has 1 aliphatic rings. The summed E-state index contributed by atoms with van der Waals surface area (Å²) in [6, 6.07) is 0. The Kier molecular flexibility index (Phi) is 6.20. The van der Waals surface area contributed by atoms with Gasteiger partial charge in [-0.1, -0.05) is 6.92 Å². The lowest BCUT2D eigenvalue weighted by atomic mass is 10.1. The lowest BCUT2D eigenvalue weighted by Gasteiger charge is -2.32. The maximum absolute atomic E-state index is 12.4. The van der Waals surface area contributed by atoms with Crippen molar-refractivity contribution >= 4 is 5.82 Å². The number of aryl methyl sites for hydroxylation is 1. The lowest BCUT2D eigenvalue weighted by molar-refractivity contribution is 0.0365. The molecule has 1 saturated heterocycles. The minimum Gasteiger partial charge on any atom is -0.378 e. The maximum atomic E-state index is 12.4. The van der Waals surface area contributed by atoms with E-state index < -0.39 is 0 Å². The summed E-state index contributed by atoms with van der Waals surface area (Å²) in [5, 5.41) is 0. The molecule has 0 radical (unpaired) electrons. The van der Waals surface area contributed by atoms with Crippen LogP contribution in [0.15, 0.2) is 17.2 Å². The minimum absolute atomic E-state index is 0.0156. The summed E-state index contributed by atoms with van der Waals surface area (Å²) in [5.74, 6) is 0.575. The number of hydrogen-bond donors (Lipinski definition) is 1. The van der Waals surface area contributed by atoms with Gasteiger partial charge < -0.3 is 19.9 Å². The second-order valence-electron chi connectivity index (χ2n) is 5.45. The first kappa shape index (κ1) is 16.0. The first-order chi connectivity index (χ1) is 10.3.